The fraction of sp³-hybridized carbons (Fsp3) is 0.818. The highest BCUT2D eigenvalue weighted by Gasteiger charge is 2.24. The summed E-state index contributed by atoms with van der Waals surface area (Å²) in [6.07, 6.45) is -0.561. The van der Waals surface area contributed by atoms with Crippen LogP contribution in [0, 0.1) is 0 Å². The van der Waals surface area contributed by atoms with Gasteiger partial charge in [-0.15, -0.1) is 0 Å². The Morgan fingerprint density at radius 3 is 2.53 bits per heavy atom. The first kappa shape index (κ1) is 17.1. The van der Waals surface area contributed by atoms with Crippen LogP contribution >= 0.6 is 0 Å². The third kappa shape index (κ3) is 8.73. The molecule has 0 aliphatic heterocycles. The van der Waals surface area contributed by atoms with Crippen LogP contribution in [0.4, 0.5) is 4.79 Å². The molecule has 0 rings (SSSR count). The van der Waals surface area contributed by atoms with Crippen molar-refractivity contribution in [3.63, 3.8) is 0 Å². The van der Waals surface area contributed by atoms with E-state index in [9.17, 15) is 9.59 Å². The van der Waals surface area contributed by atoms with Gasteiger partial charge in [0.05, 0.1) is 6.61 Å². The third-order valence-electron chi connectivity index (χ3n) is 1.84. The lowest BCUT2D eigenvalue weighted by molar-refractivity contribution is -0.145. The van der Waals surface area contributed by atoms with Gasteiger partial charge in [0.1, 0.15) is 11.6 Å². The molecule has 0 bridgehead atoms. The molecular weight excluding hydrogens is 252 g/mol. The van der Waals surface area contributed by atoms with Crippen LogP contribution in [0.3, 0.4) is 0 Å². The predicted octanol–water partition coefficient (Wildman–Crippen LogP) is 2.14. The molecule has 1 atom stereocenters. The normalized spacial score (nSPS) is 12.0. The largest absolute Gasteiger partial charge is 0.464 e. The number of esters is 1. The quantitative estimate of drug-likeness (QED) is 0.345. The molecule has 0 saturated carbocycles. The van der Waals surface area contributed by atoms with Crippen molar-refractivity contribution in [1.82, 2.24) is 5.32 Å². The first-order valence-electron chi connectivity index (χ1n) is 5.97. The number of nitrogens with one attached hydrogen (secondary N) is 1. The van der Waals surface area contributed by atoms with E-state index < -0.39 is 23.7 Å². The molecule has 0 aromatic heterocycles. The van der Waals surface area contributed by atoms with Gasteiger partial charge in [-0.25, -0.2) is 9.59 Å². The molecule has 19 heavy (non-hydrogen) atoms. The van der Waals surface area contributed by atoms with Crippen molar-refractivity contribution in [2.75, 3.05) is 13.2 Å². The number of rotatable bonds is 6. The van der Waals surface area contributed by atoms with Gasteiger partial charge in [-0.2, -0.15) is 0 Å². The van der Waals surface area contributed by atoms with E-state index in [4.69, 9.17) is 15.0 Å². The van der Waals surface area contributed by atoms with Crippen molar-refractivity contribution in [2.45, 2.75) is 45.8 Å². The van der Waals surface area contributed by atoms with Crippen molar-refractivity contribution in [1.29, 1.82) is 0 Å². The van der Waals surface area contributed by atoms with E-state index in [1.807, 2.05) is 0 Å². The highest BCUT2D eigenvalue weighted by atomic mass is 16.6. The van der Waals surface area contributed by atoms with Crippen LogP contribution in [-0.2, 0) is 14.3 Å². The minimum Gasteiger partial charge on any atom is -0.464 e. The second kappa shape index (κ2) is 8.20. The number of azide groups is 1. The van der Waals surface area contributed by atoms with Crippen molar-refractivity contribution in [3.8, 4) is 0 Å². The van der Waals surface area contributed by atoms with Crippen LogP contribution in [-0.4, -0.2) is 36.9 Å². The minimum absolute atomic E-state index is 0.0791. The number of carbonyl (C=O) groups is 2. The summed E-state index contributed by atoms with van der Waals surface area (Å²) in [4.78, 5) is 25.8. The first-order valence-corrected chi connectivity index (χ1v) is 5.97. The van der Waals surface area contributed by atoms with E-state index in [-0.39, 0.29) is 19.6 Å². The van der Waals surface area contributed by atoms with Crippen LogP contribution in [0.2, 0.25) is 0 Å². The van der Waals surface area contributed by atoms with Gasteiger partial charge in [-0.3, -0.25) is 0 Å². The van der Waals surface area contributed by atoms with E-state index in [0.717, 1.165) is 0 Å². The summed E-state index contributed by atoms with van der Waals surface area (Å²) >= 11 is 0. The van der Waals surface area contributed by atoms with Crippen molar-refractivity contribution < 1.29 is 19.1 Å². The molecule has 0 radical (unpaired) electrons. The Labute approximate surface area is 112 Å². The Kier molecular flexibility index (Phi) is 7.36. The van der Waals surface area contributed by atoms with E-state index in [1.54, 1.807) is 27.7 Å². The smallest absolute Gasteiger partial charge is 0.408 e. The highest BCUT2D eigenvalue weighted by Crippen LogP contribution is 2.07. The van der Waals surface area contributed by atoms with Crippen molar-refractivity contribution in [2.24, 2.45) is 5.11 Å². The van der Waals surface area contributed by atoms with Gasteiger partial charge < -0.3 is 14.8 Å². The van der Waals surface area contributed by atoms with Crippen LogP contribution < -0.4 is 5.32 Å². The van der Waals surface area contributed by atoms with Crippen LogP contribution in [0.15, 0.2) is 5.11 Å². The Balaban J connectivity index is 4.51. The van der Waals surface area contributed by atoms with E-state index in [1.165, 1.54) is 0 Å². The lowest BCUT2D eigenvalue weighted by Crippen LogP contribution is -2.44. The van der Waals surface area contributed by atoms with Gasteiger partial charge in [-0.1, -0.05) is 5.11 Å². The summed E-state index contributed by atoms with van der Waals surface area (Å²) < 4.78 is 9.86. The third-order valence-corrected chi connectivity index (χ3v) is 1.84. The minimum atomic E-state index is -0.889. The number of amides is 1. The summed E-state index contributed by atoms with van der Waals surface area (Å²) in [5.41, 5.74) is 7.53. The standard InChI is InChI=1S/C11H20N4O4/c1-5-18-9(16)8(6-7-13-15-12)14-10(17)19-11(2,3)4/h8H,5-7H2,1-4H3,(H,14,17). The average molecular weight is 272 g/mol. The summed E-state index contributed by atoms with van der Waals surface area (Å²) in [5, 5.41) is 5.71. The number of alkyl carbamates (subject to hydrolysis) is 1. The second-order valence-electron chi connectivity index (χ2n) is 4.69. The molecule has 1 unspecified atom stereocenters. The Bertz CT molecular complexity index is 358. The molecule has 8 nitrogen and oxygen atoms in total. The lowest BCUT2D eigenvalue weighted by Gasteiger charge is -2.22. The zero-order valence-electron chi connectivity index (χ0n) is 11.7. The van der Waals surface area contributed by atoms with Gasteiger partial charge in [0, 0.05) is 11.5 Å². The summed E-state index contributed by atoms with van der Waals surface area (Å²) in [6, 6.07) is -0.889. The number of hydrogen-bond acceptors (Lipinski definition) is 5. The van der Waals surface area contributed by atoms with Crippen molar-refractivity contribution in [3.05, 3.63) is 10.4 Å². The van der Waals surface area contributed by atoms with Crippen LogP contribution in [0.1, 0.15) is 34.1 Å². The van der Waals surface area contributed by atoms with Gasteiger partial charge in [-0.05, 0) is 39.6 Å². The van der Waals surface area contributed by atoms with Gasteiger partial charge >= 0.3 is 12.1 Å². The molecule has 0 aromatic carbocycles. The summed E-state index contributed by atoms with van der Waals surface area (Å²) in [7, 11) is 0. The Morgan fingerprint density at radius 2 is 2.05 bits per heavy atom. The molecule has 8 heteroatoms. The predicted molar refractivity (Wildman–Crippen MR) is 68.4 cm³/mol. The van der Waals surface area contributed by atoms with E-state index in [2.05, 4.69) is 15.3 Å². The molecule has 0 aliphatic rings. The molecule has 0 spiro atoms. The highest BCUT2D eigenvalue weighted by molar-refractivity contribution is 5.81. The molecule has 0 fully saturated rings. The molecule has 0 aliphatic carbocycles. The average Bonchev–Trinajstić information content (AvgIpc) is 2.25. The zero-order chi connectivity index (χ0) is 14.9. The lowest BCUT2D eigenvalue weighted by atomic mass is 10.2. The maximum absolute atomic E-state index is 11.6. The van der Waals surface area contributed by atoms with Crippen molar-refractivity contribution >= 4 is 12.1 Å². The van der Waals surface area contributed by atoms with Crippen LogP contribution in [0.25, 0.3) is 10.4 Å². The number of hydrogen-bond donors (Lipinski definition) is 1. The molecular formula is C11H20N4O4. The number of carbonyl (C=O) groups excluding carboxylic acids is 2. The number of ether oxygens (including phenoxy) is 2. The summed E-state index contributed by atoms with van der Waals surface area (Å²) in [5.74, 6) is -0.582. The monoisotopic (exact) mass is 272 g/mol. The summed E-state index contributed by atoms with van der Waals surface area (Å²) in [6.45, 7) is 7.09. The molecule has 0 aromatic rings. The molecule has 108 valence electrons. The van der Waals surface area contributed by atoms with Gasteiger partial charge in [0.15, 0.2) is 0 Å². The number of nitrogens with zero attached hydrogens (tertiary/aromatic N) is 3. The molecule has 1 N–H and O–H groups in total. The zero-order valence-corrected chi connectivity index (χ0v) is 11.7. The van der Waals surface area contributed by atoms with Gasteiger partial charge in [0.2, 0.25) is 0 Å². The van der Waals surface area contributed by atoms with Gasteiger partial charge in [0.25, 0.3) is 0 Å². The van der Waals surface area contributed by atoms with Crippen LogP contribution in [0.5, 0.6) is 0 Å². The first-order chi connectivity index (χ1) is 8.80. The van der Waals surface area contributed by atoms with E-state index in [0.29, 0.717) is 0 Å². The molecule has 1 amide bonds. The Hall–Kier alpha value is -1.95. The second-order valence-corrected chi connectivity index (χ2v) is 4.69. The fourth-order valence-electron chi connectivity index (χ4n) is 1.17. The molecule has 0 saturated heterocycles. The fourth-order valence-corrected chi connectivity index (χ4v) is 1.17. The maximum Gasteiger partial charge on any atom is 0.408 e. The maximum atomic E-state index is 11.6. The molecule has 0 heterocycles. The Morgan fingerprint density at radius 1 is 1.42 bits per heavy atom. The topological polar surface area (TPSA) is 113 Å². The van der Waals surface area contributed by atoms with E-state index >= 15 is 0 Å². The SMILES string of the molecule is CCOC(=O)C(CCN=[N+]=[N-])NC(=O)OC(C)(C)C.